The van der Waals surface area contributed by atoms with Gasteiger partial charge in [0.2, 0.25) is 4.77 Å². The first-order valence-corrected chi connectivity index (χ1v) is 8.06. The molecule has 0 aliphatic heterocycles. The lowest BCUT2D eigenvalue weighted by Crippen LogP contribution is -1.96. The molecule has 0 atom stereocenters. The second-order valence-corrected chi connectivity index (χ2v) is 6.04. The molecule has 0 fully saturated rings. The van der Waals surface area contributed by atoms with Gasteiger partial charge in [-0.05, 0) is 48.1 Å². The van der Waals surface area contributed by atoms with E-state index in [-0.39, 0.29) is 0 Å². The molecule has 0 aliphatic rings. The molecular weight excluding hydrogens is 367 g/mol. The maximum Gasteiger partial charge on any atom is 0.216 e. The Labute approximate surface area is 153 Å². The molecule has 1 aromatic heterocycles. The quantitative estimate of drug-likeness (QED) is 0.523. The number of nitrogens with one attached hydrogen (secondary N) is 1. The van der Waals surface area contributed by atoms with E-state index in [4.69, 9.17) is 40.2 Å². The predicted molar refractivity (Wildman–Crippen MR) is 98.9 cm³/mol. The van der Waals surface area contributed by atoms with Gasteiger partial charge in [0.05, 0.1) is 18.3 Å². The third-order valence-electron chi connectivity index (χ3n) is 3.24. The molecule has 24 heavy (non-hydrogen) atoms. The van der Waals surface area contributed by atoms with Crippen LogP contribution in [0.4, 0.5) is 0 Å². The van der Waals surface area contributed by atoms with Gasteiger partial charge >= 0.3 is 0 Å². The number of H-pyrrole nitrogens is 1. The highest BCUT2D eigenvalue weighted by atomic mass is 35.5. The highest BCUT2D eigenvalue weighted by molar-refractivity contribution is 7.71. The average Bonchev–Trinajstić information content (AvgIpc) is 2.94. The standard InChI is InChI=1S/C16H12Cl2N4OS/c1-23-12-4-2-3-10(7-12)9-19-22-15(20-21-16(22)24)13-6-5-11(17)8-14(13)18/h2-9H,1H3,(H,21,24)/b19-9+. The number of halogens is 2. The van der Waals surface area contributed by atoms with Crippen LogP contribution in [0.15, 0.2) is 47.6 Å². The minimum Gasteiger partial charge on any atom is -0.497 e. The van der Waals surface area contributed by atoms with Crippen molar-refractivity contribution in [1.82, 2.24) is 14.9 Å². The molecule has 0 aliphatic carbocycles. The van der Waals surface area contributed by atoms with E-state index < -0.39 is 0 Å². The Morgan fingerprint density at radius 2 is 2.08 bits per heavy atom. The molecule has 2 aromatic carbocycles. The topological polar surface area (TPSA) is 55.2 Å². The van der Waals surface area contributed by atoms with Crippen LogP contribution in [-0.2, 0) is 0 Å². The number of methoxy groups -OCH3 is 1. The second kappa shape index (κ2) is 7.17. The molecule has 0 unspecified atom stereocenters. The van der Waals surface area contributed by atoms with Gasteiger partial charge in [-0.15, -0.1) is 0 Å². The van der Waals surface area contributed by atoms with Crippen LogP contribution in [0.25, 0.3) is 11.4 Å². The lowest BCUT2D eigenvalue weighted by Gasteiger charge is -2.04. The maximum absolute atomic E-state index is 6.25. The summed E-state index contributed by atoms with van der Waals surface area (Å²) in [5.41, 5.74) is 1.54. The van der Waals surface area contributed by atoms with Crippen molar-refractivity contribution >= 4 is 41.6 Å². The van der Waals surface area contributed by atoms with Crippen LogP contribution >= 0.6 is 35.4 Å². The fourth-order valence-corrected chi connectivity index (χ4v) is 2.76. The molecule has 8 heteroatoms. The van der Waals surface area contributed by atoms with Crippen molar-refractivity contribution in [3.8, 4) is 17.1 Å². The van der Waals surface area contributed by atoms with Crippen LogP contribution in [0.3, 0.4) is 0 Å². The Morgan fingerprint density at radius 1 is 1.25 bits per heavy atom. The number of hydrogen-bond acceptors (Lipinski definition) is 4. The average molecular weight is 379 g/mol. The van der Waals surface area contributed by atoms with Gasteiger partial charge in [0.15, 0.2) is 5.82 Å². The maximum atomic E-state index is 6.25. The van der Waals surface area contributed by atoms with E-state index in [0.29, 0.717) is 26.2 Å². The van der Waals surface area contributed by atoms with Crippen molar-refractivity contribution in [2.45, 2.75) is 0 Å². The largest absolute Gasteiger partial charge is 0.497 e. The fraction of sp³-hybridized carbons (Fsp3) is 0.0625. The van der Waals surface area contributed by atoms with Crippen molar-refractivity contribution < 1.29 is 4.74 Å². The van der Waals surface area contributed by atoms with Gasteiger partial charge in [0.1, 0.15) is 5.75 Å². The Morgan fingerprint density at radius 3 is 2.83 bits per heavy atom. The van der Waals surface area contributed by atoms with Crippen molar-refractivity contribution in [3.63, 3.8) is 0 Å². The summed E-state index contributed by atoms with van der Waals surface area (Å²) in [6.45, 7) is 0. The zero-order valence-corrected chi connectivity index (χ0v) is 14.9. The summed E-state index contributed by atoms with van der Waals surface area (Å²) in [5, 5.41) is 12.3. The third-order valence-corrected chi connectivity index (χ3v) is 4.05. The lowest BCUT2D eigenvalue weighted by molar-refractivity contribution is 0.415. The monoisotopic (exact) mass is 378 g/mol. The predicted octanol–water partition coefficient (Wildman–Crippen LogP) is 4.81. The van der Waals surface area contributed by atoms with Crippen molar-refractivity contribution in [2.24, 2.45) is 5.10 Å². The minimum absolute atomic E-state index is 0.357. The molecule has 1 N–H and O–H groups in total. The van der Waals surface area contributed by atoms with E-state index in [1.165, 1.54) is 4.68 Å². The highest BCUT2D eigenvalue weighted by Crippen LogP contribution is 2.29. The first-order valence-electron chi connectivity index (χ1n) is 6.90. The molecule has 0 saturated heterocycles. The van der Waals surface area contributed by atoms with Gasteiger partial charge in [-0.25, -0.2) is 5.10 Å². The molecule has 0 radical (unpaired) electrons. The molecule has 122 valence electrons. The summed E-state index contributed by atoms with van der Waals surface area (Å²) < 4.78 is 7.06. The third kappa shape index (κ3) is 3.51. The van der Waals surface area contributed by atoms with E-state index in [1.54, 1.807) is 31.5 Å². The van der Waals surface area contributed by atoms with Gasteiger partial charge in [0.25, 0.3) is 0 Å². The zero-order valence-electron chi connectivity index (χ0n) is 12.5. The number of hydrogen-bond donors (Lipinski definition) is 1. The van der Waals surface area contributed by atoms with Crippen LogP contribution < -0.4 is 4.74 Å². The Balaban J connectivity index is 2.01. The first-order chi connectivity index (χ1) is 11.6. The van der Waals surface area contributed by atoms with E-state index >= 15 is 0 Å². The summed E-state index contributed by atoms with van der Waals surface area (Å²) in [7, 11) is 1.61. The highest BCUT2D eigenvalue weighted by Gasteiger charge is 2.12. The molecule has 1 heterocycles. The van der Waals surface area contributed by atoms with Gasteiger partial charge in [-0.3, -0.25) is 0 Å². The van der Waals surface area contributed by atoms with E-state index in [9.17, 15) is 0 Å². The number of rotatable bonds is 4. The van der Waals surface area contributed by atoms with Gasteiger partial charge < -0.3 is 4.74 Å². The zero-order chi connectivity index (χ0) is 17.1. The summed E-state index contributed by atoms with van der Waals surface area (Å²) >= 11 is 17.4. The molecule has 0 amide bonds. The van der Waals surface area contributed by atoms with Crippen molar-refractivity contribution in [2.75, 3.05) is 7.11 Å². The molecular formula is C16H12Cl2N4OS. The molecule has 3 aromatic rings. The van der Waals surface area contributed by atoms with Crippen LogP contribution in [0.1, 0.15) is 5.56 Å². The summed E-state index contributed by atoms with van der Waals surface area (Å²) in [4.78, 5) is 0. The Hall–Kier alpha value is -2.15. The number of aromatic nitrogens is 3. The summed E-state index contributed by atoms with van der Waals surface area (Å²) in [6.07, 6.45) is 1.67. The molecule has 0 bridgehead atoms. The van der Waals surface area contributed by atoms with Crippen LogP contribution in [0, 0.1) is 4.77 Å². The molecule has 0 spiro atoms. The number of ether oxygens (including phenoxy) is 1. The summed E-state index contributed by atoms with van der Waals surface area (Å²) in [5.74, 6) is 1.25. The Kier molecular flexibility index (Phi) is 4.99. The smallest absolute Gasteiger partial charge is 0.216 e. The van der Waals surface area contributed by atoms with Crippen LogP contribution in [0.2, 0.25) is 10.0 Å². The minimum atomic E-state index is 0.357. The van der Waals surface area contributed by atoms with E-state index in [2.05, 4.69) is 15.3 Å². The van der Waals surface area contributed by atoms with E-state index in [0.717, 1.165) is 11.3 Å². The molecule has 0 saturated carbocycles. The van der Waals surface area contributed by atoms with Crippen molar-refractivity contribution in [3.05, 3.63) is 62.8 Å². The normalized spacial score (nSPS) is 11.1. The van der Waals surface area contributed by atoms with Crippen molar-refractivity contribution in [1.29, 1.82) is 0 Å². The van der Waals surface area contributed by atoms with Gasteiger partial charge in [-0.1, -0.05) is 35.3 Å². The SMILES string of the molecule is COc1cccc(/C=N/n2c(-c3ccc(Cl)cc3Cl)n[nH]c2=S)c1. The molecule has 3 rings (SSSR count). The fourth-order valence-electron chi connectivity index (χ4n) is 2.09. The summed E-state index contributed by atoms with van der Waals surface area (Å²) in [6, 6.07) is 12.7. The van der Waals surface area contributed by atoms with Crippen LogP contribution in [-0.4, -0.2) is 28.2 Å². The van der Waals surface area contributed by atoms with Gasteiger partial charge in [-0.2, -0.15) is 14.9 Å². The number of nitrogens with zero attached hydrogens (tertiary/aromatic N) is 3. The Bertz CT molecular complexity index is 965. The number of benzene rings is 2. The first kappa shape index (κ1) is 16.7. The van der Waals surface area contributed by atoms with Crippen LogP contribution in [0.5, 0.6) is 5.75 Å². The van der Waals surface area contributed by atoms with E-state index in [1.807, 2.05) is 24.3 Å². The lowest BCUT2D eigenvalue weighted by atomic mass is 10.2. The molecule has 5 nitrogen and oxygen atoms in total. The second-order valence-electron chi connectivity index (χ2n) is 4.81. The number of aromatic amines is 1. The van der Waals surface area contributed by atoms with Gasteiger partial charge in [0, 0.05) is 10.6 Å².